The highest BCUT2D eigenvalue weighted by Crippen LogP contribution is 2.48. The van der Waals surface area contributed by atoms with Gasteiger partial charge in [0.25, 0.3) is 0 Å². The Balaban J connectivity index is 2.60. The van der Waals surface area contributed by atoms with Gasteiger partial charge in [-0.1, -0.05) is 0 Å². The highest BCUT2D eigenvalue weighted by atomic mass is 32.2. The lowest BCUT2D eigenvalue weighted by atomic mass is 10.1. The van der Waals surface area contributed by atoms with Crippen LogP contribution in [-0.2, 0) is 6.18 Å². The average Bonchev–Trinajstić information content (AvgIpc) is 2.97. The minimum Gasteiger partial charge on any atom is -0.384 e. The predicted molar refractivity (Wildman–Crippen MR) is 57.4 cm³/mol. The van der Waals surface area contributed by atoms with Crippen LogP contribution in [0.5, 0.6) is 0 Å². The Morgan fingerprint density at radius 3 is 2.50 bits per heavy atom. The van der Waals surface area contributed by atoms with E-state index in [4.69, 9.17) is 5.73 Å². The number of halogens is 3. The van der Waals surface area contributed by atoms with E-state index in [-0.39, 0.29) is 16.8 Å². The molecule has 16 heavy (non-hydrogen) atoms. The van der Waals surface area contributed by atoms with Gasteiger partial charge in [-0.05, 0) is 36.6 Å². The summed E-state index contributed by atoms with van der Waals surface area (Å²) in [5.74, 6) is 0.173. The number of nitrogens with zero attached hydrogens (tertiary/aromatic N) is 1. The van der Waals surface area contributed by atoms with Gasteiger partial charge in [0.15, 0.2) is 0 Å². The number of pyridine rings is 1. The van der Waals surface area contributed by atoms with E-state index in [9.17, 15) is 13.2 Å². The first kappa shape index (κ1) is 11.6. The lowest BCUT2D eigenvalue weighted by molar-refractivity contribution is -0.140. The van der Waals surface area contributed by atoms with E-state index >= 15 is 0 Å². The maximum atomic E-state index is 12.9. The summed E-state index contributed by atoms with van der Waals surface area (Å²) in [5.41, 5.74) is 5.23. The summed E-state index contributed by atoms with van der Waals surface area (Å²) < 4.78 is 38.8. The molecule has 1 aromatic heterocycles. The smallest absolute Gasteiger partial charge is 0.384 e. The molecule has 0 unspecified atom stereocenters. The molecule has 1 saturated carbocycles. The number of hydrogen-bond donors (Lipinski definition) is 1. The van der Waals surface area contributed by atoms with Crippen molar-refractivity contribution in [1.82, 2.24) is 4.98 Å². The molecule has 6 heteroatoms. The summed E-state index contributed by atoms with van der Waals surface area (Å²) in [5, 5.41) is -0.0191. The number of aromatic nitrogens is 1. The third-order valence-corrected chi connectivity index (χ3v) is 3.21. The van der Waals surface area contributed by atoms with Crippen molar-refractivity contribution in [1.29, 1.82) is 0 Å². The Hall–Kier alpha value is -0.910. The summed E-state index contributed by atoms with van der Waals surface area (Å²) >= 11 is 0.985. The highest BCUT2D eigenvalue weighted by Gasteiger charge is 2.41. The van der Waals surface area contributed by atoms with Gasteiger partial charge in [-0.3, -0.25) is 0 Å². The first-order chi connectivity index (χ1) is 7.43. The molecule has 1 fully saturated rings. The molecular formula is C10H11F3N2S. The molecule has 0 bridgehead atoms. The molecular weight excluding hydrogens is 237 g/mol. The number of nitrogen functional groups attached to an aromatic ring is 1. The second-order valence-corrected chi connectivity index (χ2v) is 4.59. The Bertz CT molecular complexity index is 413. The first-order valence-electron chi connectivity index (χ1n) is 4.85. The third kappa shape index (κ3) is 2.11. The number of anilines is 1. The standard InChI is InChI=1S/C10H11F3N2S/c1-16-9-8(10(11,12)13)6(5-2-3-5)4-7(14)15-9/h4-5H,2-3H2,1H3,(H2,14,15). The third-order valence-electron chi connectivity index (χ3n) is 2.53. The van der Waals surface area contributed by atoms with Crippen molar-refractivity contribution in [3.8, 4) is 0 Å². The monoisotopic (exact) mass is 248 g/mol. The van der Waals surface area contributed by atoms with Crippen LogP contribution in [0.25, 0.3) is 0 Å². The van der Waals surface area contributed by atoms with Crippen LogP contribution in [0.3, 0.4) is 0 Å². The Labute approximate surface area is 95.4 Å². The summed E-state index contributed by atoms with van der Waals surface area (Å²) in [6.07, 6.45) is -1.16. The minimum atomic E-state index is -4.35. The van der Waals surface area contributed by atoms with Crippen molar-refractivity contribution in [2.75, 3.05) is 12.0 Å². The van der Waals surface area contributed by atoms with Gasteiger partial charge in [-0.2, -0.15) is 13.2 Å². The van der Waals surface area contributed by atoms with E-state index in [2.05, 4.69) is 4.98 Å². The molecule has 0 aromatic carbocycles. The Morgan fingerprint density at radius 1 is 1.44 bits per heavy atom. The van der Waals surface area contributed by atoms with Gasteiger partial charge in [-0.25, -0.2) is 4.98 Å². The second kappa shape index (κ2) is 3.84. The molecule has 0 atom stereocenters. The van der Waals surface area contributed by atoms with Gasteiger partial charge in [0.2, 0.25) is 0 Å². The molecule has 1 aliphatic carbocycles. The van der Waals surface area contributed by atoms with Gasteiger partial charge >= 0.3 is 6.18 Å². The zero-order valence-electron chi connectivity index (χ0n) is 8.64. The molecule has 0 aliphatic heterocycles. The normalized spacial score (nSPS) is 16.5. The van der Waals surface area contributed by atoms with Gasteiger partial charge in [-0.15, -0.1) is 11.8 Å². The lowest BCUT2D eigenvalue weighted by Gasteiger charge is -2.16. The molecule has 2 rings (SSSR count). The largest absolute Gasteiger partial charge is 0.419 e. The highest BCUT2D eigenvalue weighted by molar-refractivity contribution is 7.98. The number of thioether (sulfide) groups is 1. The van der Waals surface area contributed by atoms with Crippen molar-refractivity contribution in [2.45, 2.75) is 30.0 Å². The van der Waals surface area contributed by atoms with Gasteiger partial charge in [0.1, 0.15) is 10.8 Å². The number of alkyl halides is 3. The summed E-state index contributed by atoms with van der Waals surface area (Å²) in [4.78, 5) is 3.75. The van der Waals surface area contributed by atoms with Gasteiger partial charge in [0, 0.05) is 0 Å². The number of nitrogens with two attached hydrogens (primary N) is 1. The molecule has 2 N–H and O–H groups in total. The van der Waals surface area contributed by atoms with Crippen LogP contribution in [0.4, 0.5) is 19.0 Å². The van der Waals surface area contributed by atoms with Crippen LogP contribution in [0.2, 0.25) is 0 Å². The fourth-order valence-electron chi connectivity index (χ4n) is 1.71. The van der Waals surface area contributed by atoms with Crippen LogP contribution in [0.1, 0.15) is 29.9 Å². The first-order valence-corrected chi connectivity index (χ1v) is 6.07. The van der Waals surface area contributed by atoms with Gasteiger partial charge in [0.05, 0.1) is 5.56 Å². The second-order valence-electron chi connectivity index (χ2n) is 3.79. The van der Waals surface area contributed by atoms with Crippen LogP contribution in [0, 0.1) is 0 Å². The van der Waals surface area contributed by atoms with E-state index in [1.807, 2.05) is 0 Å². The number of hydrogen-bond acceptors (Lipinski definition) is 3. The molecule has 0 amide bonds. The summed E-state index contributed by atoms with van der Waals surface area (Å²) in [6, 6.07) is 1.36. The lowest BCUT2D eigenvalue weighted by Crippen LogP contribution is -2.13. The average molecular weight is 248 g/mol. The Morgan fingerprint density at radius 2 is 2.06 bits per heavy atom. The van der Waals surface area contributed by atoms with E-state index < -0.39 is 11.7 Å². The summed E-state index contributed by atoms with van der Waals surface area (Å²) in [7, 11) is 0. The number of rotatable bonds is 2. The van der Waals surface area contributed by atoms with E-state index in [1.165, 1.54) is 6.07 Å². The molecule has 0 saturated heterocycles. The van der Waals surface area contributed by atoms with E-state index in [1.54, 1.807) is 6.26 Å². The van der Waals surface area contributed by atoms with E-state index in [0.717, 1.165) is 24.6 Å². The van der Waals surface area contributed by atoms with Crippen molar-refractivity contribution >= 4 is 17.6 Å². The zero-order chi connectivity index (χ0) is 11.9. The molecule has 0 spiro atoms. The van der Waals surface area contributed by atoms with Crippen LogP contribution in [-0.4, -0.2) is 11.2 Å². The van der Waals surface area contributed by atoms with Crippen LogP contribution < -0.4 is 5.73 Å². The minimum absolute atomic E-state index is 0.00725. The van der Waals surface area contributed by atoms with E-state index in [0.29, 0.717) is 5.56 Å². The topological polar surface area (TPSA) is 38.9 Å². The molecule has 1 heterocycles. The molecule has 1 aromatic rings. The van der Waals surface area contributed by atoms with Crippen molar-refractivity contribution < 1.29 is 13.2 Å². The zero-order valence-corrected chi connectivity index (χ0v) is 9.45. The van der Waals surface area contributed by atoms with Crippen molar-refractivity contribution in [3.05, 3.63) is 17.2 Å². The fraction of sp³-hybridized carbons (Fsp3) is 0.500. The summed E-state index contributed by atoms with van der Waals surface area (Å²) in [6.45, 7) is 0. The van der Waals surface area contributed by atoms with Crippen molar-refractivity contribution in [3.63, 3.8) is 0 Å². The maximum Gasteiger partial charge on any atom is 0.419 e. The fourth-order valence-corrected chi connectivity index (χ4v) is 2.34. The predicted octanol–water partition coefficient (Wildman–Crippen LogP) is 3.28. The van der Waals surface area contributed by atoms with Crippen molar-refractivity contribution in [2.24, 2.45) is 0 Å². The molecule has 88 valence electrons. The molecule has 0 radical (unpaired) electrons. The SMILES string of the molecule is CSc1nc(N)cc(C2CC2)c1C(F)(F)F. The maximum absolute atomic E-state index is 12.9. The van der Waals surface area contributed by atoms with Crippen LogP contribution >= 0.6 is 11.8 Å². The quantitative estimate of drug-likeness (QED) is 0.816. The van der Waals surface area contributed by atoms with Crippen LogP contribution in [0.15, 0.2) is 11.1 Å². The molecule has 1 aliphatic rings. The molecule has 2 nitrogen and oxygen atoms in total. The van der Waals surface area contributed by atoms with Gasteiger partial charge < -0.3 is 5.73 Å². The Kier molecular flexibility index (Phi) is 2.77.